The predicted octanol–water partition coefficient (Wildman–Crippen LogP) is 3.84. The van der Waals surface area contributed by atoms with Crippen LogP contribution in [0.1, 0.15) is 90.4 Å². The van der Waals surface area contributed by atoms with Gasteiger partial charge in [0.2, 0.25) is 0 Å². The van der Waals surface area contributed by atoms with Crippen molar-refractivity contribution in [2.24, 2.45) is 0 Å². The quantitative estimate of drug-likeness (QED) is 0.335. The largest absolute Gasteiger partial charge is 0.481 e. The summed E-state index contributed by atoms with van der Waals surface area (Å²) in [6, 6.07) is 0. The van der Waals surface area contributed by atoms with Gasteiger partial charge in [0.15, 0.2) is 5.79 Å². The van der Waals surface area contributed by atoms with Crippen LogP contribution in [-0.2, 0) is 4.79 Å². The number of hydrogen-bond donors (Lipinski definition) is 3. The van der Waals surface area contributed by atoms with Crippen molar-refractivity contribution in [1.82, 2.24) is 0 Å². The number of carbonyl (C=O) groups is 1. The van der Waals surface area contributed by atoms with Gasteiger partial charge in [-0.2, -0.15) is 0 Å². The average Bonchev–Trinajstić information content (AvgIpc) is 2.39. The Labute approximate surface area is 123 Å². The Kier molecular flexibility index (Phi) is 11.8. The number of aliphatic hydroxyl groups is 2. The topological polar surface area (TPSA) is 77.8 Å². The Bertz CT molecular complexity index is 239. The molecule has 4 heteroatoms. The number of hydrogen-bond acceptors (Lipinski definition) is 3. The number of aliphatic carboxylic acids is 1. The number of unbranched alkanes of at least 4 members (excludes halogenated alkanes) is 9. The summed E-state index contributed by atoms with van der Waals surface area (Å²) in [4.78, 5) is 10.4. The molecule has 0 aliphatic rings. The second-order valence-corrected chi connectivity index (χ2v) is 5.81. The minimum absolute atomic E-state index is 0.0836. The summed E-state index contributed by atoms with van der Waals surface area (Å²) in [6.45, 7) is 2.22. The van der Waals surface area contributed by atoms with Crippen molar-refractivity contribution in [1.29, 1.82) is 0 Å². The van der Waals surface area contributed by atoms with Crippen LogP contribution in [0.4, 0.5) is 0 Å². The zero-order valence-electron chi connectivity index (χ0n) is 12.9. The first-order valence-corrected chi connectivity index (χ1v) is 8.14. The summed E-state index contributed by atoms with van der Waals surface area (Å²) in [5.41, 5.74) is 0. The van der Waals surface area contributed by atoms with Gasteiger partial charge in [-0.25, -0.2) is 0 Å². The first-order chi connectivity index (χ1) is 9.48. The molecule has 0 heterocycles. The van der Waals surface area contributed by atoms with E-state index in [1.54, 1.807) is 0 Å². The lowest BCUT2D eigenvalue weighted by Crippen LogP contribution is -2.28. The maximum absolute atomic E-state index is 10.4. The van der Waals surface area contributed by atoms with Crippen molar-refractivity contribution in [2.45, 2.75) is 96.2 Å². The van der Waals surface area contributed by atoms with Crippen molar-refractivity contribution in [3.63, 3.8) is 0 Å². The minimum atomic E-state index is -1.81. The normalized spacial score (nSPS) is 11.8. The van der Waals surface area contributed by atoms with E-state index >= 15 is 0 Å². The molecule has 0 fully saturated rings. The van der Waals surface area contributed by atoms with Crippen LogP contribution in [0.2, 0.25) is 0 Å². The van der Waals surface area contributed by atoms with E-state index in [9.17, 15) is 15.0 Å². The van der Waals surface area contributed by atoms with Crippen LogP contribution in [0.15, 0.2) is 0 Å². The first kappa shape index (κ1) is 19.4. The zero-order valence-corrected chi connectivity index (χ0v) is 12.9. The smallest absolute Gasteiger partial charge is 0.303 e. The molecule has 3 N–H and O–H groups in total. The fraction of sp³-hybridized carbons (Fsp3) is 0.938. The van der Waals surface area contributed by atoms with Crippen LogP contribution >= 0.6 is 0 Å². The fourth-order valence-electron chi connectivity index (χ4n) is 2.33. The summed E-state index contributed by atoms with van der Waals surface area (Å²) >= 11 is 0. The maximum atomic E-state index is 10.4. The van der Waals surface area contributed by atoms with Gasteiger partial charge in [0.1, 0.15) is 0 Å². The molecule has 0 aromatic heterocycles. The van der Waals surface area contributed by atoms with Crippen LogP contribution in [0.25, 0.3) is 0 Å². The second kappa shape index (κ2) is 12.2. The Morgan fingerprint density at radius 1 is 0.800 bits per heavy atom. The molecular formula is C16H32O4. The molecule has 0 atom stereocenters. The summed E-state index contributed by atoms with van der Waals surface area (Å²) < 4.78 is 0. The number of rotatable bonds is 14. The van der Waals surface area contributed by atoms with Crippen molar-refractivity contribution >= 4 is 5.97 Å². The lowest BCUT2D eigenvalue weighted by atomic mass is 10.0. The van der Waals surface area contributed by atoms with Crippen molar-refractivity contribution < 1.29 is 20.1 Å². The molecule has 0 rings (SSSR count). The molecule has 0 aromatic rings. The molecule has 0 bridgehead atoms. The molecule has 0 radical (unpaired) electrons. The van der Waals surface area contributed by atoms with E-state index in [1.165, 1.54) is 44.9 Å². The van der Waals surface area contributed by atoms with Crippen LogP contribution in [-0.4, -0.2) is 27.1 Å². The molecular weight excluding hydrogens is 256 g/mol. The van der Waals surface area contributed by atoms with Crippen LogP contribution in [0.5, 0.6) is 0 Å². The molecule has 0 saturated carbocycles. The third kappa shape index (κ3) is 13.8. The third-order valence-corrected chi connectivity index (χ3v) is 3.67. The van der Waals surface area contributed by atoms with Gasteiger partial charge in [-0.05, 0) is 6.42 Å². The van der Waals surface area contributed by atoms with Gasteiger partial charge in [-0.15, -0.1) is 0 Å². The highest BCUT2D eigenvalue weighted by Crippen LogP contribution is 2.19. The summed E-state index contributed by atoms with van der Waals surface area (Å²) in [7, 11) is 0. The lowest BCUT2D eigenvalue weighted by Gasteiger charge is -2.20. The molecule has 0 amide bonds. The Hall–Kier alpha value is -0.610. The summed E-state index contributed by atoms with van der Waals surface area (Å²) in [6.07, 6.45) is 12.0. The molecule has 0 unspecified atom stereocenters. The van der Waals surface area contributed by atoms with E-state index in [-0.39, 0.29) is 19.3 Å². The highest BCUT2D eigenvalue weighted by molar-refractivity contribution is 5.66. The number of carboxylic acids is 1. The molecule has 4 nitrogen and oxygen atoms in total. The Morgan fingerprint density at radius 2 is 1.25 bits per heavy atom. The fourth-order valence-corrected chi connectivity index (χ4v) is 2.33. The predicted molar refractivity (Wildman–Crippen MR) is 80.5 cm³/mol. The standard InChI is InChI=1S/C16H32O4/c1-2-3-4-5-6-7-8-9-10-11-13-16(19,20)14-12-15(17)18/h19-20H,2-14H2,1H3,(H,17,18). The van der Waals surface area contributed by atoms with Crippen LogP contribution < -0.4 is 0 Å². The molecule has 0 aliphatic heterocycles. The van der Waals surface area contributed by atoms with E-state index < -0.39 is 11.8 Å². The van der Waals surface area contributed by atoms with Gasteiger partial charge in [-0.1, -0.05) is 64.7 Å². The lowest BCUT2D eigenvalue weighted by molar-refractivity contribution is -0.176. The van der Waals surface area contributed by atoms with Crippen LogP contribution in [0, 0.1) is 0 Å². The SMILES string of the molecule is CCCCCCCCCCCCC(O)(O)CCC(=O)O. The highest BCUT2D eigenvalue weighted by atomic mass is 16.5. The summed E-state index contributed by atoms with van der Waals surface area (Å²) in [5.74, 6) is -2.79. The minimum Gasteiger partial charge on any atom is -0.481 e. The van der Waals surface area contributed by atoms with E-state index in [2.05, 4.69) is 6.92 Å². The van der Waals surface area contributed by atoms with E-state index in [4.69, 9.17) is 5.11 Å². The van der Waals surface area contributed by atoms with Gasteiger partial charge in [0.05, 0.1) is 6.42 Å². The molecule has 0 saturated heterocycles. The molecule has 20 heavy (non-hydrogen) atoms. The number of carboxylic acid groups (broad SMARTS) is 1. The monoisotopic (exact) mass is 288 g/mol. The first-order valence-electron chi connectivity index (χ1n) is 8.14. The van der Waals surface area contributed by atoms with Crippen molar-refractivity contribution in [2.75, 3.05) is 0 Å². The molecule has 0 aromatic carbocycles. The molecule has 120 valence electrons. The Balaban J connectivity index is 3.32. The maximum Gasteiger partial charge on any atom is 0.303 e. The van der Waals surface area contributed by atoms with Gasteiger partial charge in [-0.3, -0.25) is 4.79 Å². The van der Waals surface area contributed by atoms with Crippen LogP contribution in [0.3, 0.4) is 0 Å². The van der Waals surface area contributed by atoms with Gasteiger partial charge in [0, 0.05) is 12.8 Å². The summed E-state index contributed by atoms with van der Waals surface area (Å²) in [5, 5.41) is 27.7. The van der Waals surface area contributed by atoms with E-state index in [1.807, 2.05) is 0 Å². The molecule has 0 aliphatic carbocycles. The zero-order chi connectivity index (χ0) is 15.3. The highest BCUT2D eigenvalue weighted by Gasteiger charge is 2.23. The Morgan fingerprint density at radius 3 is 1.70 bits per heavy atom. The van der Waals surface area contributed by atoms with Gasteiger partial charge >= 0.3 is 5.97 Å². The van der Waals surface area contributed by atoms with Gasteiger partial charge < -0.3 is 15.3 Å². The average molecular weight is 288 g/mol. The van der Waals surface area contributed by atoms with Crippen molar-refractivity contribution in [3.8, 4) is 0 Å². The van der Waals surface area contributed by atoms with Crippen molar-refractivity contribution in [3.05, 3.63) is 0 Å². The van der Waals surface area contributed by atoms with Gasteiger partial charge in [0.25, 0.3) is 0 Å². The van der Waals surface area contributed by atoms with E-state index in [0.717, 1.165) is 19.3 Å². The second-order valence-electron chi connectivity index (χ2n) is 5.81. The van der Waals surface area contributed by atoms with E-state index in [0.29, 0.717) is 0 Å². The molecule has 0 spiro atoms. The third-order valence-electron chi connectivity index (χ3n) is 3.67.